The number of carbonyl (C=O) groups excluding carboxylic acids is 4. The van der Waals surface area contributed by atoms with Gasteiger partial charge in [0.1, 0.15) is 5.75 Å². The Balaban J connectivity index is -0.000000666. The van der Waals surface area contributed by atoms with Gasteiger partial charge in [0.2, 0.25) is 0 Å². The molecule has 0 unspecified atom stereocenters. The predicted octanol–water partition coefficient (Wildman–Crippen LogP) is 11.5. The van der Waals surface area contributed by atoms with Crippen molar-refractivity contribution in [1.29, 1.82) is 0 Å². The Kier molecular flexibility index (Phi) is 35.5. The van der Waals surface area contributed by atoms with Crippen LogP contribution in [0.25, 0.3) is 0 Å². The smallest absolute Gasteiger partial charge is 0.311 e. The molecule has 48 heavy (non-hydrogen) atoms. The highest BCUT2D eigenvalue weighted by atomic mass is 16.5. The monoisotopic (exact) mass is 672 g/mol. The zero-order chi connectivity index (χ0) is 37.2. The molecule has 0 spiro atoms. The van der Waals surface area contributed by atoms with Crippen molar-refractivity contribution in [3.63, 3.8) is 0 Å². The average molecular weight is 673 g/mol. The molecule has 1 aromatic carbocycles. The van der Waals surface area contributed by atoms with Gasteiger partial charge in [-0.1, -0.05) is 76.8 Å². The van der Waals surface area contributed by atoms with Gasteiger partial charge in [-0.15, -0.1) is 6.58 Å². The van der Waals surface area contributed by atoms with E-state index in [0.29, 0.717) is 50.2 Å². The lowest BCUT2D eigenvalue weighted by Crippen LogP contribution is -2.08. The Labute approximate surface area is 293 Å². The molecule has 274 valence electrons. The first-order valence-corrected chi connectivity index (χ1v) is 18.0. The van der Waals surface area contributed by atoms with E-state index in [1.54, 1.807) is 31.2 Å². The first-order valence-electron chi connectivity index (χ1n) is 18.0. The molecule has 0 amide bonds. The van der Waals surface area contributed by atoms with Crippen LogP contribution in [0.5, 0.6) is 5.75 Å². The van der Waals surface area contributed by atoms with Gasteiger partial charge in [-0.3, -0.25) is 19.2 Å². The van der Waals surface area contributed by atoms with Crippen molar-refractivity contribution in [2.45, 2.75) is 153 Å². The van der Waals surface area contributed by atoms with E-state index in [1.807, 2.05) is 27.7 Å². The van der Waals surface area contributed by atoms with Crippen molar-refractivity contribution in [2.24, 2.45) is 0 Å². The van der Waals surface area contributed by atoms with Crippen LogP contribution in [0.4, 0.5) is 0 Å². The minimum absolute atomic E-state index is 0.0262. The summed E-state index contributed by atoms with van der Waals surface area (Å²) in [5, 5.41) is 0. The Bertz CT molecular complexity index is 1060. The van der Waals surface area contributed by atoms with Crippen LogP contribution in [0.1, 0.15) is 163 Å². The van der Waals surface area contributed by atoms with E-state index in [2.05, 4.69) is 46.4 Å². The number of rotatable bonds is 20. The molecule has 0 aliphatic rings. The van der Waals surface area contributed by atoms with Crippen LogP contribution in [0.3, 0.4) is 0 Å². The van der Waals surface area contributed by atoms with Crippen molar-refractivity contribution in [1.82, 2.24) is 0 Å². The zero-order valence-corrected chi connectivity index (χ0v) is 32.1. The van der Waals surface area contributed by atoms with Gasteiger partial charge in [-0.2, -0.15) is 0 Å². The van der Waals surface area contributed by atoms with Crippen molar-refractivity contribution >= 4 is 23.7 Å². The second-order valence-corrected chi connectivity index (χ2v) is 11.4. The third-order valence-corrected chi connectivity index (χ3v) is 6.72. The lowest BCUT2D eigenvalue weighted by atomic mass is 10.1. The molecule has 0 radical (unpaired) electrons. The number of benzene rings is 1. The molecule has 0 saturated carbocycles. The summed E-state index contributed by atoms with van der Waals surface area (Å²) in [5.74, 6) is -0.192. The van der Waals surface area contributed by atoms with Gasteiger partial charge >= 0.3 is 17.9 Å². The molecule has 0 fully saturated rings. The molecule has 7 heteroatoms. The largest absolute Gasteiger partial charge is 0.466 e. The van der Waals surface area contributed by atoms with Crippen LogP contribution in [-0.4, -0.2) is 36.9 Å². The maximum absolute atomic E-state index is 11.6. The quantitative estimate of drug-likeness (QED) is 0.0339. The first-order chi connectivity index (χ1) is 22.9. The lowest BCUT2D eigenvalue weighted by molar-refractivity contribution is -0.144. The number of ether oxygens (including phenoxy) is 3. The van der Waals surface area contributed by atoms with E-state index in [9.17, 15) is 19.2 Å². The number of hydrogen-bond acceptors (Lipinski definition) is 7. The number of hydrogen-bond donors (Lipinski definition) is 0. The standard InChI is InChI=1S/C17H22O5.C11H20O2.C11H20.C2H6/c1-3-16(19)21-12-6-4-5-7-17(20)22-15-10-8-14(9-11-15)13(2)18;1-4-11(12)13-9-7-5-6-8-10(2)3;1-5-7-11(4)9-8-10(3)6-2;1-2/h8-11H,3-7,12H2,1-2H3;2,4-9H2,1,3H3;8-9H,5-7H2,1-4H3;1-2H3/b;;10-8-,11-9-;. The van der Waals surface area contributed by atoms with Gasteiger partial charge in [0.05, 0.1) is 13.2 Å². The summed E-state index contributed by atoms with van der Waals surface area (Å²) < 4.78 is 15.1. The topological polar surface area (TPSA) is 96.0 Å². The maximum Gasteiger partial charge on any atom is 0.311 e. The maximum atomic E-state index is 11.6. The molecular formula is C41H68O7. The molecule has 0 bridgehead atoms. The highest BCUT2D eigenvalue weighted by molar-refractivity contribution is 5.94. The van der Waals surface area contributed by atoms with E-state index in [0.717, 1.165) is 44.9 Å². The van der Waals surface area contributed by atoms with Crippen LogP contribution >= 0.6 is 0 Å². The fourth-order valence-electron chi connectivity index (χ4n) is 3.65. The molecule has 1 aromatic rings. The molecular weight excluding hydrogens is 604 g/mol. The number of esters is 3. The van der Waals surface area contributed by atoms with E-state index in [1.165, 1.54) is 36.5 Å². The van der Waals surface area contributed by atoms with Gasteiger partial charge < -0.3 is 14.2 Å². The van der Waals surface area contributed by atoms with Gasteiger partial charge in [0.15, 0.2) is 5.78 Å². The number of Topliss-reactive ketones (excluding diaryl/α,β-unsaturated/α-hetero) is 1. The minimum atomic E-state index is -0.305. The Morgan fingerprint density at radius 2 is 1.08 bits per heavy atom. The predicted molar refractivity (Wildman–Crippen MR) is 200 cm³/mol. The van der Waals surface area contributed by atoms with E-state index in [4.69, 9.17) is 14.2 Å². The fourth-order valence-corrected chi connectivity index (χ4v) is 3.65. The average Bonchev–Trinajstić information content (AvgIpc) is 3.08. The molecule has 0 N–H and O–H groups in total. The van der Waals surface area contributed by atoms with Crippen molar-refractivity contribution in [3.8, 4) is 5.75 Å². The summed E-state index contributed by atoms with van der Waals surface area (Å²) in [6.45, 7) is 24.7. The Morgan fingerprint density at radius 1 is 0.604 bits per heavy atom. The highest BCUT2D eigenvalue weighted by Crippen LogP contribution is 2.14. The molecule has 0 aliphatic carbocycles. The molecule has 0 aromatic heterocycles. The van der Waals surface area contributed by atoms with Crippen molar-refractivity contribution in [2.75, 3.05) is 13.2 Å². The summed E-state index contributed by atoms with van der Waals surface area (Å²) in [6, 6.07) is 6.48. The Hall–Kier alpha value is -3.48. The molecule has 0 heterocycles. The summed E-state index contributed by atoms with van der Waals surface area (Å²) in [5.41, 5.74) is 4.76. The van der Waals surface area contributed by atoms with E-state index in [-0.39, 0.29) is 23.7 Å². The molecule has 1 rings (SSSR count). The van der Waals surface area contributed by atoms with E-state index >= 15 is 0 Å². The van der Waals surface area contributed by atoms with Gasteiger partial charge in [0, 0.05) is 24.8 Å². The zero-order valence-electron chi connectivity index (χ0n) is 32.1. The molecule has 0 atom stereocenters. The summed E-state index contributed by atoms with van der Waals surface area (Å²) >= 11 is 0. The van der Waals surface area contributed by atoms with Gasteiger partial charge in [-0.05, 0) is 110 Å². The van der Waals surface area contributed by atoms with Crippen molar-refractivity contribution in [3.05, 3.63) is 65.3 Å². The normalized spacial score (nSPS) is 10.5. The number of ketones is 1. The third kappa shape index (κ3) is 33.9. The van der Waals surface area contributed by atoms with Crippen molar-refractivity contribution < 1.29 is 33.4 Å². The van der Waals surface area contributed by atoms with E-state index < -0.39 is 0 Å². The number of carbonyl (C=O) groups is 4. The highest BCUT2D eigenvalue weighted by Gasteiger charge is 2.06. The first kappa shape index (κ1) is 48.9. The number of unbranched alkanes of at least 4 members (excludes halogenated alkanes) is 4. The summed E-state index contributed by atoms with van der Waals surface area (Å²) in [4.78, 5) is 44.4. The molecule has 0 saturated heterocycles. The summed E-state index contributed by atoms with van der Waals surface area (Å²) in [7, 11) is 0. The van der Waals surface area contributed by atoms with Crippen LogP contribution < -0.4 is 4.74 Å². The number of allylic oxidation sites excluding steroid dienone is 5. The van der Waals surface area contributed by atoms with Crippen LogP contribution in [-0.2, 0) is 23.9 Å². The second kappa shape index (κ2) is 34.8. The minimum Gasteiger partial charge on any atom is -0.466 e. The third-order valence-electron chi connectivity index (χ3n) is 6.72. The van der Waals surface area contributed by atoms with Crippen LogP contribution in [0.15, 0.2) is 59.7 Å². The SMILES string of the molecule is C=C(C)CCCCCOC(=O)CC.CC.CCC(=O)OCCCCCC(=O)Oc1ccc(C(C)=O)cc1.CCC/C(C)=C\C=C(\C)CC. The van der Waals surface area contributed by atoms with Gasteiger partial charge in [0.25, 0.3) is 0 Å². The fraction of sp³-hybridized carbons (Fsp3) is 0.610. The van der Waals surface area contributed by atoms with Crippen LogP contribution in [0, 0.1) is 0 Å². The van der Waals surface area contributed by atoms with Gasteiger partial charge in [-0.25, -0.2) is 0 Å². The van der Waals surface area contributed by atoms with Crippen LogP contribution in [0.2, 0.25) is 0 Å². The molecule has 0 aliphatic heterocycles. The second-order valence-electron chi connectivity index (χ2n) is 11.4. The molecule has 7 nitrogen and oxygen atoms in total. The lowest BCUT2D eigenvalue weighted by Gasteiger charge is -2.05. The summed E-state index contributed by atoms with van der Waals surface area (Å²) in [6.07, 6.45) is 15.8. The Morgan fingerprint density at radius 3 is 1.50 bits per heavy atom.